The van der Waals surface area contributed by atoms with Gasteiger partial charge in [-0.1, -0.05) is 11.6 Å². The summed E-state index contributed by atoms with van der Waals surface area (Å²) in [6.07, 6.45) is 4.26. The lowest BCUT2D eigenvalue weighted by Gasteiger charge is -2.04. The quantitative estimate of drug-likeness (QED) is 0.679. The van der Waals surface area contributed by atoms with Crippen LogP contribution in [0.15, 0.2) is 30.5 Å². The van der Waals surface area contributed by atoms with Crippen molar-refractivity contribution in [3.05, 3.63) is 51.3 Å². The molecule has 104 valence electrons. The number of nitro groups is 1. The third-order valence-electron chi connectivity index (χ3n) is 3.18. The monoisotopic (exact) mass is 292 g/mol. The molecule has 1 aromatic heterocycles. The van der Waals surface area contributed by atoms with Crippen LogP contribution in [-0.2, 0) is 6.54 Å². The zero-order valence-corrected chi connectivity index (χ0v) is 11.4. The van der Waals surface area contributed by atoms with Crippen molar-refractivity contribution < 1.29 is 4.92 Å². The minimum Gasteiger partial charge on any atom is -0.308 e. The molecule has 0 bridgehead atoms. The molecule has 1 N–H and O–H groups in total. The predicted molar refractivity (Wildman–Crippen MR) is 75.1 cm³/mol. The number of hydrogen-bond donors (Lipinski definition) is 1. The van der Waals surface area contributed by atoms with Crippen LogP contribution < -0.4 is 5.32 Å². The first-order valence-corrected chi connectivity index (χ1v) is 6.73. The summed E-state index contributed by atoms with van der Waals surface area (Å²) in [7, 11) is 0. The Balaban J connectivity index is 1.79. The molecular weight excluding hydrogens is 280 g/mol. The van der Waals surface area contributed by atoms with E-state index in [4.69, 9.17) is 11.6 Å². The Bertz CT molecular complexity index is 652. The molecule has 0 amide bonds. The first-order chi connectivity index (χ1) is 9.63. The fraction of sp³-hybridized carbons (Fsp3) is 0.308. The number of nitro benzene ring substituents is 1. The van der Waals surface area contributed by atoms with Crippen LogP contribution in [0.2, 0.25) is 5.02 Å². The van der Waals surface area contributed by atoms with Gasteiger partial charge in [0.25, 0.3) is 5.69 Å². The average Bonchev–Trinajstić information content (AvgIpc) is 3.14. The van der Waals surface area contributed by atoms with Crippen LogP contribution >= 0.6 is 11.6 Å². The second kappa shape index (κ2) is 5.22. The van der Waals surface area contributed by atoms with Crippen LogP contribution in [0.25, 0.3) is 5.69 Å². The maximum Gasteiger partial charge on any atom is 0.271 e. The molecule has 3 rings (SSSR count). The van der Waals surface area contributed by atoms with Gasteiger partial charge >= 0.3 is 0 Å². The first kappa shape index (κ1) is 13.1. The highest BCUT2D eigenvalue weighted by Crippen LogP contribution is 2.25. The predicted octanol–water partition coefficient (Wildman–Crippen LogP) is 2.69. The van der Waals surface area contributed by atoms with Gasteiger partial charge in [-0.15, -0.1) is 0 Å². The number of aromatic nitrogens is 2. The molecule has 1 aliphatic rings. The van der Waals surface area contributed by atoms with Crippen molar-refractivity contribution in [1.82, 2.24) is 15.1 Å². The largest absolute Gasteiger partial charge is 0.308 e. The van der Waals surface area contributed by atoms with Crippen molar-refractivity contribution in [2.24, 2.45) is 0 Å². The summed E-state index contributed by atoms with van der Waals surface area (Å²) in [5, 5.41) is 18.8. The summed E-state index contributed by atoms with van der Waals surface area (Å²) in [6, 6.07) is 6.90. The third-order valence-corrected chi connectivity index (χ3v) is 3.49. The SMILES string of the molecule is O=[N+]([O-])c1ccc(-n2ccc(CNC3CC3)n2)c(Cl)c1. The minimum absolute atomic E-state index is 0.0264. The van der Waals surface area contributed by atoms with E-state index in [-0.39, 0.29) is 5.69 Å². The summed E-state index contributed by atoms with van der Waals surface area (Å²) in [5.74, 6) is 0. The van der Waals surface area contributed by atoms with E-state index in [9.17, 15) is 10.1 Å². The van der Waals surface area contributed by atoms with Crippen LogP contribution in [0.3, 0.4) is 0 Å². The van der Waals surface area contributed by atoms with Gasteiger partial charge in [0.1, 0.15) is 0 Å². The lowest BCUT2D eigenvalue weighted by molar-refractivity contribution is -0.384. The number of halogens is 1. The molecule has 2 aromatic rings. The molecule has 1 fully saturated rings. The van der Waals surface area contributed by atoms with Crippen molar-refractivity contribution in [1.29, 1.82) is 0 Å². The van der Waals surface area contributed by atoms with Gasteiger partial charge in [0.2, 0.25) is 0 Å². The zero-order valence-electron chi connectivity index (χ0n) is 10.6. The normalized spacial score (nSPS) is 14.4. The second-order valence-electron chi connectivity index (χ2n) is 4.80. The number of rotatable bonds is 5. The number of benzene rings is 1. The van der Waals surface area contributed by atoms with Gasteiger partial charge in [-0.2, -0.15) is 5.10 Å². The van der Waals surface area contributed by atoms with Crippen molar-refractivity contribution in [2.45, 2.75) is 25.4 Å². The van der Waals surface area contributed by atoms with Crippen LogP contribution in [0.5, 0.6) is 0 Å². The maximum absolute atomic E-state index is 10.7. The number of nitrogens with one attached hydrogen (secondary N) is 1. The second-order valence-corrected chi connectivity index (χ2v) is 5.21. The Hall–Kier alpha value is -1.92. The first-order valence-electron chi connectivity index (χ1n) is 6.36. The fourth-order valence-corrected chi connectivity index (χ4v) is 2.18. The Morgan fingerprint density at radius 2 is 2.25 bits per heavy atom. The van der Waals surface area contributed by atoms with Gasteiger partial charge in [-0.3, -0.25) is 10.1 Å². The number of non-ortho nitro benzene ring substituents is 1. The summed E-state index contributed by atoms with van der Waals surface area (Å²) >= 11 is 6.07. The molecule has 0 radical (unpaired) electrons. The highest BCUT2D eigenvalue weighted by atomic mass is 35.5. The van der Waals surface area contributed by atoms with Gasteiger partial charge in [0, 0.05) is 30.9 Å². The van der Waals surface area contributed by atoms with E-state index in [1.807, 2.05) is 6.07 Å². The van der Waals surface area contributed by atoms with E-state index in [2.05, 4.69) is 10.4 Å². The molecule has 0 spiro atoms. The molecule has 7 heteroatoms. The Labute approximate surface area is 120 Å². The highest BCUT2D eigenvalue weighted by molar-refractivity contribution is 6.32. The van der Waals surface area contributed by atoms with Crippen LogP contribution in [0.1, 0.15) is 18.5 Å². The molecule has 1 aliphatic carbocycles. The van der Waals surface area contributed by atoms with E-state index in [0.717, 1.165) is 12.2 Å². The van der Waals surface area contributed by atoms with Gasteiger partial charge in [0.05, 0.1) is 21.3 Å². The topological polar surface area (TPSA) is 73.0 Å². The summed E-state index contributed by atoms with van der Waals surface area (Å²) in [5.41, 5.74) is 1.53. The Morgan fingerprint density at radius 1 is 1.45 bits per heavy atom. The summed E-state index contributed by atoms with van der Waals surface area (Å²) in [4.78, 5) is 10.2. The number of hydrogen-bond acceptors (Lipinski definition) is 4. The van der Waals surface area contributed by atoms with Crippen LogP contribution in [0, 0.1) is 10.1 Å². The Morgan fingerprint density at radius 3 is 2.90 bits per heavy atom. The maximum atomic E-state index is 10.7. The standard InChI is InChI=1S/C13H13ClN4O2/c14-12-7-11(18(19)20)3-4-13(12)17-6-5-10(16-17)8-15-9-1-2-9/h3-7,9,15H,1-2,8H2. The van der Waals surface area contributed by atoms with E-state index in [0.29, 0.717) is 16.8 Å². The lowest BCUT2D eigenvalue weighted by Crippen LogP contribution is -2.15. The summed E-state index contributed by atoms with van der Waals surface area (Å²) in [6.45, 7) is 0.724. The van der Waals surface area contributed by atoms with Crippen molar-refractivity contribution >= 4 is 17.3 Å². The molecule has 6 nitrogen and oxygen atoms in total. The molecule has 20 heavy (non-hydrogen) atoms. The van der Waals surface area contributed by atoms with Crippen molar-refractivity contribution in [3.63, 3.8) is 0 Å². The zero-order chi connectivity index (χ0) is 14.1. The van der Waals surface area contributed by atoms with E-state index < -0.39 is 4.92 Å². The molecule has 0 atom stereocenters. The molecule has 1 saturated carbocycles. The van der Waals surface area contributed by atoms with Crippen LogP contribution in [0.4, 0.5) is 5.69 Å². The van der Waals surface area contributed by atoms with Gasteiger partial charge < -0.3 is 5.32 Å². The fourth-order valence-electron chi connectivity index (χ4n) is 1.92. The van der Waals surface area contributed by atoms with E-state index in [1.165, 1.54) is 25.0 Å². The molecule has 0 aliphatic heterocycles. The van der Waals surface area contributed by atoms with E-state index in [1.54, 1.807) is 16.9 Å². The van der Waals surface area contributed by atoms with Gasteiger partial charge in [0.15, 0.2) is 0 Å². The van der Waals surface area contributed by atoms with E-state index >= 15 is 0 Å². The molecule has 0 saturated heterocycles. The van der Waals surface area contributed by atoms with Crippen molar-refractivity contribution in [3.8, 4) is 5.69 Å². The number of nitrogens with zero attached hydrogens (tertiary/aromatic N) is 3. The lowest BCUT2D eigenvalue weighted by atomic mass is 10.3. The molecular formula is C13H13ClN4O2. The van der Waals surface area contributed by atoms with Crippen molar-refractivity contribution in [2.75, 3.05) is 0 Å². The summed E-state index contributed by atoms with van der Waals surface area (Å²) < 4.78 is 1.63. The minimum atomic E-state index is -0.469. The molecule has 0 unspecified atom stereocenters. The third kappa shape index (κ3) is 2.81. The highest BCUT2D eigenvalue weighted by Gasteiger charge is 2.20. The smallest absolute Gasteiger partial charge is 0.271 e. The molecule has 1 heterocycles. The Kier molecular flexibility index (Phi) is 3.42. The van der Waals surface area contributed by atoms with Gasteiger partial charge in [-0.25, -0.2) is 4.68 Å². The van der Waals surface area contributed by atoms with Gasteiger partial charge in [-0.05, 0) is 25.0 Å². The van der Waals surface area contributed by atoms with Crippen LogP contribution in [-0.4, -0.2) is 20.7 Å². The molecule has 1 aromatic carbocycles. The average molecular weight is 293 g/mol.